The molecule has 2 rings (SSSR count). The van der Waals surface area contributed by atoms with Crippen molar-refractivity contribution in [3.8, 4) is 0 Å². The van der Waals surface area contributed by atoms with Crippen LogP contribution >= 0.6 is 0 Å². The van der Waals surface area contributed by atoms with E-state index in [0.717, 1.165) is 11.1 Å². The molecule has 0 aliphatic carbocycles. The molecule has 0 aliphatic rings. The van der Waals surface area contributed by atoms with Gasteiger partial charge in [-0.2, -0.15) is 26.3 Å². The van der Waals surface area contributed by atoms with Gasteiger partial charge in [0.1, 0.15) is 0 Å². The lowest BCUT2D eigenvalue weighted by Crippen LogP contribution is -2.31. The summed E-state index contributed by atoms with van der Waals surface area (Å²) in [4.78, 5) is 44.5. The first-order valence-corrected chi connectivity index (χ1v) is 8.71. The van der Waals surface area contributed by atoms with Crippen LogP contribution in [-0.2, 0) is 38.4 Å². The number of ketones is 4. The Bertz CT molecular complexity index is 905. The summed E-state index contributed by atoms with van der Waals surface area (Å²) in [6, 6.07) is 11.9. The third-order valence-corrected chi connectivity index (χ3v) is 4.20. The molecular weight excluding hydrogens is 430 g/mol. The zero-order valence-corrected chi connectivity index (χ0v) is 15.6. The van der Waals surface area contributed by atoms with Gasteiger partial charge in [-0.05, 0) is 28.7 Å². The van der Waals surface area contributed by atoms with Gasteiger partial charge < -0.3 is 0 Å². The van der Waals surface area contributed by atoms with Gasteiger partial charge in [0.25, 0.3) is 0 Å². The molecule has 2 aromatic carbocycles. The molecule has 2 aromatic rings. The first-order chi connectivity index (χ1) is 14.3. The van der Waals surface area contributed by atoms with Gasteiger partial charge in [0, 0.05) is 12.8 Å². The minimum absolute atomic E-state index is 0.231. The average molecular weight is 444 g/mol. The molecule has 0 spiro atoms. The van der Waals surface area contributed by atoms with E-state index in [1.54, 1.807) is 24.3 Å². The Morgan fingerprint density at radius 1 is 0.516 bits per heavy atom. The van der Waals surface area contributed by atoms with E-state index in [0.29, 0.717) is 6.42 Å². The lowest BCUT2D eigenvalue weighted by molar-refractivity contribution is -0.174. The van der Waals surface area contributed by atoms with Crippen molar-refractivity contribution in [2.24, 2.45) is 0 Å². The second-order valence-corrected chi connectivity index (χ2v) is 6.66. The molecular formula is C21H14F6O4. The molecule has 0 radical (unpaired) electrons. The molecule has 0 saturated heterocycles. The summed E-state index contributed by atoms with van der Waals surface area (Å²) >= 11 is 0. The summed E-state index contributed by atoms with van der Waals surface area (Å²) in [5.41, 5.74) is 1.90. The largest absolute Gasteiger partial charge is 0.458 e. The second-order valence-electron chi connectivity index (χ2n) is 6.66. The van der Waals surface area contributed by atoms with Crippen LogP contribution in [0.2, 0.25) is 0 Å². The summed E-state index contributed by atoms with van der Waals surface area (Å²) < 4.78 is 73.5. The highest BCUT2D eigenvalue weighted by molar-refractivity contribution is 6.40. The summed E-state index contributed by atoms with van der Waals surface area (Å²) in [6.07, 6.45) is -11.4. The topological polar surface area (TPSA) is 68.3 Å². The van der Waals surface area contributed by atoms with Crippen molar-refractivity contribution >= 4 is 23.1 Å². The van der Waals surface area contributed by atoms with Crippen LogP contribution < -0.4 is 0 Å². The Kier molecular flexibility index (Phi) is 7.14. The van der Waals surface area contributed by atoms with Gasteiger partial charge in [0.2, 0.25) is 11.6 Å². The van der Waals surface area contributed by atoms with Gasteiger partial charge in [-0.3, -0.25) is 19.2 Å². The summed E-state index contributed by atoms with van der Waals surface area (Å²) in [7, 11) is 0. The molecule has 0 amide bonds. The Balaban J connectivity index is 1.96. The van der Waals surface area contributed by atoms with Crippen LogP contribution in [0.4, 0.5) is 26.3 Å². The van der Waals surface area contributed by atoms with Crippen molar-refractivity contribution in [1.29, 1.82) is 0 Å². The zero-order valence-electron chi connectivity index (χ0n) is 15.6. The Hall–Kier alpha value is -3.30. The molecule has 0 fully saturated rings. The molecule has 0 N–H and O–H groups in total. The van der Waals surface area contributed by atoms with Gasteiger partial charge in [-0.25, -0.2) is 0 Å². The number of carbonyl (C=O) groups is 4. The maximum absolute atomic E-state index is 12.2. The number of Topliss-reactive ketones (excluding diaryl/α,β-unsaturated/α-hetero) is 4. The average Bonchev–Trinajstić information content (AvgIpc) is 2.68. The summed E-state index contributed by atoms with van der Waals surface area (Å²) in [6.45, 7) is 0. The molecule has 4 nitrogen and oxygen atoms in total. The van der Waals surface area contributed by atoms with Crippen molar-refractivity contribution in [1.82, 2.24) is 0 Å². The maximum Gasteiger partial charge on any atom is 0.458 e. The van der Waals surface area contributed by atoms with Crippen molar-refractivity contribution < 1.29 is 45.5 Å². The van der Waals surface area contributed by atoms with Crippen molar-refractivity contribution in [2.45, 2.75) is 31.6 Å². The van der Waals surface area contributed by atoms with Crippen LogP contribution in [0, 0.1) is 0 Å². The molecule has 0 aromatic heterocycles. The number of alkyl halides is 6. The minimum Gasteiger partial charge on any atom is -0.290 e. The maximum atomic E-state index is 12.2. The van der Waals surface area contributed by atoms with Crippen LogP contribution in [0.3, 0.4) is 0 Å². The molecule has 0 bridgehead atoms. The smallest absolute Gasteiger partial charge is 0.290 e. The molecule has 0 saturated carbocycles. The van der Waals surface area contributed by atoms with Crippen LogP contribution in [0.15, 0.2) is 48.5 Å². The van der Waals surface area contributed by atoms with Gasteiger partial charge in [0.15, 0.2) is 0 Å². The molecule has 0 atom stereocenters. The molecule has 0 unspecified atom stereocenters. The van der Waals surface area contributed by atoms with Crippen LogP contribution in [0.5, 0.6) is 0 Å². The predicted octanol–water partition coefficient (Wildman–Crippen LogP) is 3.76. The van der Waals surface area contributed by atoms with E-state index in [2.05, 4.69) is 0 Å². The number of rotatable bonds is 8. The first kappa shape index (κ1) is 24.0. The lowest BCUT2D eigenvalue weighted by atomic mass is 9.99. The number of benzene rings is 2. The fraction of sp³-hybridized carbons (Fsp3) is 0.238. The van der Waals surface area contributed by atoms with Crippen molar-refractivity contribution in [2.75, 3.05) is 0 Å². The Morgan fingerprint density at radius 3 is 1.03 bits per heavy atom. The summed E-state index contributed by atoms with van der Waals surface area (Å²) in [5.74, 6) is -7.94. The van der Waals surface area contributed by atoms with Gasteiger partial charge in [-0.1, -0.05) is 48.5 Å². The first-order valence-electron chi connectivity index (χ1n) is 8.71. The van der Waals surface area contributed by atoms with Gasteiger partial charge in [0.05, 0.1) is 0 Å². The standard InChI is InChI=1S/C21H14F6O4/c22-20(23,24)18(30)16(28)10-14-5-1-12(2-6-14)9-13-3-7-15(8-4-13)11-17(29)19(31)21(25,26)27/h1-8H,9-11H2. The van der Waals surface area contributed by atoms with E-state index in [4.69, 9.17) is 0 Å². The SMILES string of the molecule is O=C(Cc1ccc(Cc2ccc(CC(=O)C(=O)C(F)(F)F)cc2)cc1)C(=O)C(F)(F)F. The third kappa shape index (κ3) is 6.87. The fourth-order valence-corrected chi connectivity index (χ4v) is 2.63. The number of hydrogen-bond donors (Lipinski definition) is 0. The van der Waals surface area contributed by atoms with Crippen LogP contribution in [-0.4, -0.2) is 35.5 Å². The normalized spacial score (nSPS) is 11.8. The number of halogens is 6. The molecule has 31 heavy (non-hydrogen) atoms. The zero-order chi connectivity index (χ0) is 23.4. The van der Waals surface area contributed by atoms with E-state index in [1.807, 2.05) is 0 Å². The highest BCUT2D eigenvalue weighted by Gasteiger charge is 2.43. The highest BCUT2D eigenvalue weighted by atomic mass is 19.4. The molecule has 164 valence electrons. The van der Waals surface area contributed by atoms with Crippen LogP contribution in [0.25, 0.3) is 0 Å². The van der Waals surface area contributed by atoms with E-state index in [1.165, 1.54) is 24.3 Å². The lowest BCUT2D eigenvalue weighted by Gasteiger charge is -2.07. The van der Waals surface area contributed by atoms with Gasteiger partial charge >= 0.3 is 23.9 Å². The van der Waals surface area contributed by atoms with Gasteiger partial charge in [-0.15, -0.1) is 0 Å². The second kappa shape index (κ2) is 9.23. The van der Waals surface area contributed by atoms with Crippen molar-refractivity contribution in [3.63, 3.8) is 0 Å². The monoisotopic (exact) mass is 444 g/mol. The third-order valence-electron chi connectivity index (χ3n) is 4.20. The summed E-state index contributed by atoms with van der Waals surface area (Å²) in [5, 5.41) is 0. The van der Waals surface area contributed by atoms with E-state index < -0.39 is 48.3 Å². The van der Waals surface area contributed by atoms with E-state index in [-0.39, 0.29) is 11.1 Å². The predicted molar refractivity (Wildman–Crippen MR) is 95.2 cm³/mol. The molecule has 0 aliphatic heterocycles. The van der Waals surface area contributed by atoms with E-state index >= 15 is 0 Å². The Labute approximate surface area is 171 Å². The Morgan fingerprint density at radius 2 is 0.774 bits per heavy atom. The quantitative estimate of drug-likeness (QED) is 0.459. The fourth-order valence-electron chi connectivity index (χ4n) is 2.63. The highest BCUT2D eigenvalue weighted by Crippen LogP contribution is 2.19. The number of carbonyl (C=O) groups excluding carboxylic acids is 4. The van der Waals surface area contributed by atoms with Crippen LogP contribution in [0.1, 0.15) is 22.3 Å². The van der Waals surface area contributed by atoms with E-state index in [9.17, 15) is 45.5 Å². The minimum atomic E-state index is -5.21. The molecule has 0 heterocycles. The van der Waals surface area contributed by atoms with Crippen molar-refractivity contribution in [3.05, 3.63) is 70.8 Å². The molecule has 10 heteroatoms. The number of hydrogen-bond acceptors (Lipinski definition) is 4.